The van der Waals surface area contributed by atoms with E-state index in [2.05, 4.69) is 22.2 Å². The Labute approximate surface area is 82.5 Å². The quantitative estimate of drug-likeness (QED) is 0.734. The minimum Gasteiger partial charge on any atom is -0.307 e. The molecule has 0 spiro atoms. The van der Waals surface area contributed by atoms with Crippen LogP contribution in [0.1, 0.15) is 30.4 Å². The molecule has 0 unspecified atom stereocenters. The SMILES string of the molecule is CCCc1nc(Cl)c2c(n1)CNC2. The molecule has 0 fully saturated rings. The van der Waals surface area contributed by atoms with Crippen molar-refractivity contribution in [3.05, 3.63) is 22.2 Å². The molecule has 0 saturated heterocycles. The number of hydrogen-bond donors (Lipinski definition) is 1. The molecule has 1 aromatic rings. The predicted octanol–water partition coefficient (Wildman–Crippen LogP) is 1.69. The molecular weight excluding hydrogens is 186 g/mol. The minimum atomic E-state index is 0.624. The molecule has 0 radical (unpaired) electrons. The van der Waals surface area contributed by atoms with E-state index in [-0.39, 0.29) is 0 Å². The second-order valence-corrected chi connectivity index (χ2v) is 3.57. The van der Waals surface area contributed by atoms with Crippen molar-refractivity contribution in [2.75, 3.05) is 0 Å². The molecule has 1 N–H and O–H groups in total. The van der Waals surface area contributed by atoms with Crippen molar-refractivity contribution in [2.45, 2.75) is 32.9 Å². The zero-order valence-electron chi connectivity index (χ0n) is 7.60. The average Bonchev–Trinajstić information content (AvgIpc) is 2.53. The van der Waals surface area contributed by atoms with Crippen LogP contribution in [0.25, 0.3) is 0 Å². The summed E-state index contributed by atoms with van der Waals surface area (Å²) in [5, 5.41) is 3.83. The molecule has 0 atom stereocenters. The lowest BCUT2D eigenvalue weighted by Crippen LogP contribution is -2.01. The summed E-state index contributed by atoms with van der Waals surface area (Å²) in [5.41, 5.74) is 2.14. The Hall–Kier alpha value is -0.670. The average molecular weight is 198 g/mol. The Morgan fingerprint density at radius 1 is 1.38 bits per heavy atom. The Bertz CT molecular complexity index is 325. The van der Waals surface area contributed by atoms with Gasteiger partial charge in [0.25, 0.3) is 0 Å². The van der Waals surface area contributed by atoms with Crippen molar-refractivity contribution < 1.29 is 0 Å². The third kappa shape index (κ3) is 1.67. The zero-order valence-corrected chi connectivity index (χ0v) is 8.36. The fourth-order valence-corrected chi connectivity index (χ4v) is 1.78. The van der Waals surface area contributed by atoms with E-state index >= 15 is 0 Å². The van der Waals surface area contributed by atoms with Gasteiger partial charge in [-0.25, -0.2) is 9.97 Å². The third-order valence-electron chi connectivity index (χ3n) is 2.16. The molecule has 1 aliphatic heterocycles. The minimum absolute atomic E-state index is 0.624. The maximum absolute atomic E-state index is 6.02. The van der Waals surface area contributed by atoms with Crippen LogP contribution in [-0.4, -0.2) is 9.97 Å². The maximum atomic E-state index is 6.02. The van der Waals surface area contributed by atoms with Gasteiger partial charge in [0, 0.05) is 25.1 Å². The Kier molecular flexibility index (Phi) is 2.47. The molecule has 2 rings (SSSR count). The molecule has 0 amide bonds. The van der Waals surface area contributed by atoms with Gasteiger partial charge in [0.15, 0.2) is 0 Å². The largest absolute Gasteiger partial charge is 0.307 e. The van der Waals surface area contributed by atoms with Gasteiger partial charge in [0.2, 0.25) is 0 Å². The molecule has 4 heteroatoms. The fraction of sp³-hybridized carbons (Fsp3) is 0.556. The van der Waals surface area contributed by atoms with Crippen LogP contribution in [0.15, 0.2) is 0 Å². The van der Waals surface area contributed by atoms with Crippen molar-refractivity contribution in [3.8, 4) is 0 Å². The van der Waals surface area contributed by atoms with Crippen LogP contribution in [0.2, 0.25) is 5.15 Å². The normalized spacial score (nSPS) is 14.6. The van der Waals surface area contributed by atoms with Gasteiger partial charge in [0.1, 0.15) is 11.0 Å². The number of hydrogen-bond acceptors (Lipinski definition) is 3. The number of aromatic nitrogens is 2. The van der Waals surface area contributed by atoms with Crippen LogP contribution in [0.3, 0.4) is 0 Å². The van der Waals surface area contributed by atoms with E-state index in [1.165, 1.54) is 0 Å². The number of aryl methyl sites for hydroxylation is 1. The van der Waals surface area contributed by atoms with Gasteiger partial charge in [0.05, 0.1) is 5.69 Å². The van der Waals surface area contributed by atoms with E-state index in [9.17, 15) is 0 Å². The summed E-state index contributed by atoms with van der Waals surface area (Å²) < 4.78 is 0. The summed E-state index contributed by atoms with van der Waals surface area (Å²) in [6.07, 6.45) is 1.97. The first-order valence-electron chi connectivity index (χ1n) is 4.56. The Morgan fingerprint density at radius 2 is 2.23 bits per heavy atom. The molecule has 2 heterocycles. The van der Waals surface area contributed by atoms with Crippen molar-refractivity contribution >= 4 is 11.6 Å². The number of nitrogens with one attached hydrogen (secondary N) is 1. The van der Waals surface area contributed by atoms with Gasteiger partial charge >= 0.3 is 0 Å². The molecule has 70 valence electrons. The van der Waals surface area contributed by atoms with Crippen molar-refractivity contribution in [1.29, 1.82) is 0 Å². The van der Waals surface area contributed by atoms with Gasteiger partial charge < -0.3 is 5.32 Å². The summed E-state index contributed by atoms with van der Waals surface area (Å²) >= 11 is 6.02. The second-order valence-electron chi connectivity index (χ2n) is 3.21. The van der Waals surface area contributed by atoms with Crippen LogP contribution in [0.4, 0.5) is 0 Å². The number of halogens is 1. The van der Waals surface area contributed by atoms with Gasteiger partial charge in [-0.2, -0.15) is 0 Å². The lowest BCUT2D eigenvalue weighted by atomic mass is 10.2. The number of rotatable bonds is 2. The summed E-state index contributed by atoms with van der Waals surface area (Å²) in [6.45, 7) is 3.75. The molecule has 0 aromatic carbocycles. The molecular formula is C9H12ClN3. The van der Waals surface area contributed by atoms with E-state index in [0.717, 1.165) is 43.0 Å². The van der Waals surface area contributed by atoms with Crippen LogP contribution in [-0.2, 0) is 19.5 Å². The first-order chi connectivity index (χ1) is 6.31. The van der Waals surface area contributed by atoms with Gasteiger partial charge in [-0.05, 0) is 6.42 Å². The molecule has 3 nitrogen and oxygen atoms in total. The Morgan fingerprint density at radius 3 is 3.00 bits per heavy atom. The van der Waals surface area contributed by atoms with Crippen LogP contribution < -0.4 is 5.32 Å². The third-order valence-corrected chi connectivity index (χ3v) is 2.47. The highest BCUT2D eigenvalue weighted by Gasteiger charge is 2.16. The van der Waals surface area contributed by atoms with Crippen molar-refractivity contribution in [3.63, 3.8) is 0 Å². The van der Waals surface area contributed by atoms with E-state index < -0.39 is 0 Å². The molecule has 0 saturated carbocycles. The van der Waals surface area contributed by atoms with E-state index in [1.54, 1.807) is 0 Å². The van der Waals surface area contributed by atoms with Crippen LogP contribution in [0.5, 0.6) is 0 Å². The van der Waals surface area contributed by atoms with Gasteiger partial charge in [-0.15, -0.1) is 0 Å². The maximum Gasteiger partial charge on any atom is 0.137 e. The highest BCUT2D eigenvalue weighted by atomic mass is 35.5. The van der Waals surface area contributed by atoms with E-state index in [1.807, 2.05) is 0 Å². The standard InChI is InChI=1S/C9H12ClN3/c1-2-3-8-12-7-5-11-4-6(7)9(10)13-8/h11H,2-5H2,1H3. The lowest BCUT2D eigenvalue weighted by molar-refractivity contribution is 0.753. The first kappa shape index (κ1) is 8.91. The molecule has 0 aliphatic carbocycles. The molecule has 13 heavy (non-hydrogen) atoms. The van der Waals surface area contributed by atoms with Crippen molar-refractivity contribution in [2.24, 2.45) is 0 Å². The topological polar surface area (TPSA) is 37.8 Å². The van der Waals surface area contributed by atoms with Crippen LogP contribution >= 0.6 is 11.6 Å². The highest BCUT2D eigenvalue weighted by Crippen LogP contribution is 2.21. The highest BCUT2D eigenvalue weighted by molar-refractivity contribution is 6.30. The predicted molar refractivity (Wildman–Crippen MR) is 51.6 cm³/mol. The zero-order chi connectivity index (χ0) is 9.26. The first-order valence-corrected chi connectivity index (χ1v) is 4.94. The Balaban J connectivity index is 2.37. The molecule has 1 aliphatic rings. The summed E-state index contributed by atoms with van der Waals surface area (Å²) in [6, 6.07) is 0. The van der Waals surface area contributed by atoms with E-state index in [0.29, 0.717) is 5.15 Å². The van der Waals surface area contributed by atoms with Crippen LogP contribution in [0, 0.1) is 0 Å². The van der Waals surface area contributed by atoms with Gasteiger partial charge in [-0.3, -0.25) is 0 Å². The van der Waals surface area contributed by atoms with E-state index in [4.69, 9.17) is 11.6 Å². The smallest absolute Gasteiger partial charge is 0.137 e. The molecule has 0 bridgehead atoms. The summed E-state index contributed by atoms with van der Waals surface area (Å²) in [4.78, 5) is 8.69. The summed E-state index contributed by atoms with van der Waals surface area (Å²) in [5.74, 6) is 0.870. The lowest BCUT2D eigenvalue weighted by Gasteiger charge is -2.03. The number of fused-ring (bicyclic) bond motifs is 1. The monoisotopic (exact) mass is 197 g/mol. The molecule has 1 aromatic heterocycles. The summed E-state index contributed by atoms with van der Waals surface area (Å²) in [7, 11) is 0. The number of nitrogens with zero attached hydrogens (tertiary/aromatic N) is 2. The fourth-order valence-electron chi connectivity index (χ4n) is 1.51. The second kappa shape index (κ2) is 3.60. The van der Waals surface area contributed by atoms with Crippen molar-refractivity contribution in [1.82, 2.24) is 15.3 Å². The van der Waals surface area contributed by atoms with Gasteiger partial charge in [-0.1, -0.05) is 18.5 Å².